The maximum atomic E-state index is 11.9. The summed E-state index contributed by atoms with van der Waals surface area (Å²) in [6.45, 7) is 5.85. The molecular formula is C26H25N5O2. The predicted molar refractivity (Wildman–Crippen MR) is 127 cm³/mol. The maximum absolute atomic E-state index is 11.9. The first-order valence-electron chi connectivity index (χ1n) is 11.1. The van der Waals surface area contributed by atoms with E-state index < -0.39 is 0 Å². The van der Waals surface area contributed by atoms with Crippen molar-refractivity contribution in [1.82, 2.24) is 24.6 Å². The molecule has 2 aromatic heterocycles. The lowest BCUT2D eigenvalue weighted by Crippen LogP contribution is -2.38. The number of nitrogens with zero attached hydrogens (tertiary/aromatic N) is 5. The third-order valence-corrected chi connectivity index (χ3v) is 6.05. The first kappa shape index (κ1) is 20.9. The molecule has 0 unspecified atom stereocenters. The molecule has 0 radical (unpaired) electrons. The van der Waals surface area contributed by atoms with E-state index >= 15 is 0 Å². The number of carbonyl (C=O) groups is 1. The lowest BCUT2D eigenvalue weighted by molar-refractivity contribution is -0.127. The molecule has 0 bridgehead atoms. The highest BCUT2D eigenvalue weighted by atomic mass is 16.5. The number of hydrogen-bond donors (Lipinski definition) is 0. The average molecular weight is 440 g/mol. The van der Waals surface area contributed by atoms with E-state index in [4.69, 9.17) is 9.84 Å². The molecule has 0 aliphatic carbocycles. The Hall–Kier alpha value is -4.00. The summed E-state index contributed by atoms with van der Waals surface area (Å²) < 4.78 is 7.89. The van der Waals surface area contributed by atoms with Crippen LogP contribution in [0.3, 0.4) is 0 Å². The van der Waals surface area contributed by atoms with Crippen LogP contribution in [0.25, 0.3) is 22.3 Å². The highest BCUT2D eigenvalue weighted by Gasteiger charge is 2.23. The minimum atomic E-state index is 0.00714. The van der Waals surface area contributed by atoms with Crippen molar-refractivity contribution in [1.29, 1.82) is 0 Å². The molecule has 1 saturated heterocycles. The number of hydrogen-bond acceptors (Lipinski definition) is 5. The van der Waals surface area contributed by atoms with Gasteiger partial charge in [-0.2, -0.15) is 5.10 Å². The Kier molecular flexibility index (Phi) is 5.85. The summed E-state index contributed by atoms with van der Waals surface area (Å²) in [7, 11) is 0. The van der Waals surface area contributed by atoms with Gasteiger partial charge in [-0.25, -0.2) is 14.6 Å². The summed E-state index contributed by atoms with van der Waals surface area (Å²) >= 11 is 0. The zero-order valence-electron chi connectivity index (χ0n) is 18.3. The topological polar surface area (TPSA) is 73.1 Å². The normalized spacial score (nSPS) is 14.4. The van der Waals surface area contributed by atoms with Crippen molar-refractivity contribution in [3.05, 3.63) is 79.8 Å². The van der Waals surface area contributed by atoms with E-state index in [1.54, 1.807) is 6.33 Å². The fourth-order valence-electron chi connectivity index (χ4n) is 4.27. The summed E-state index contributed by atoms with van der Waals surface area (Å²) in [5.41, 5.74) is 2.67. The van der Waals surface area contributed by atoms with Crippen molar-refractivity contribution in [2.45, 2.75) is 19.4 Å². The van der Waals surface area contributed by atoms with Crippen LogP contribution in [0.2, 0.25) is 0 Å². The molecule has 7 heteroatoms. The Morgan fingerprint density at radius 1 is 1.06 bits per heavy atom. The van der Waals surface area contributed by atoms with Crippen molar-refractivity contribution < 1.29 is 9.53 Å². The summed E-state index contributed by atoms with van der Waals surface area (Å²) in [5, 5.41) is 5.84. The third kappa shape index (κ3) is 4.48. The largest absolute Gasteiger partial charge is 0.457 e. The number of rotatable bonds is 6. The Bertz CT molecular complexity index is 1260. The van der Waals surface area contributed by atoms with Crippen LogP contribution in [0.5, 0.6) is 11.5 Å². The molecule has 0 N–H and O–H groups in total. The van der Waals surface area contributed by atoms with Crippen LogP contribution < -0.4 is 4.74 Å². The molecule has 3 heterocycles. The molecule has 5 rings (SSSR count). The van der Waals surface area contributed by atoms with E-state index in [0.717, 1.165) is 66.3 Å². The molecule has 1 fully saturated rings. The molecule has 166 valence electrons. The number of aromatic nitrogens is 4. The zero-order chi connectivity index (χ0) is 22.6. The molecule has 0 atom stereocenters. The van der Waals surface area contributed by atoms with Crippen LogP contribution >= 0.6 is 0 Å². The van der Waals surface area contributed by atoms with Crippen molar-refractivity contribution in [2.75, 3.05) is 13.1 Å². The standard InChI is InChI=1S/C26H25N5O2/c1-2-24(32)30-14-12-19(13-15-30)17-31-26-23(16-27-18-28-26)25(29-31)20-8-10-22(11-9-20)33-21-6-4-3-5-7-21/h2-11,16,18-19H,1,12-15,17H2. The second kappa shape index (κ2) is 9.24. The summed E-state index contributed by atoms with van der Waals surface area (Å²) in [6, 6.07) is 17.6. The second-order valence-corrected chi connectivity index (χ2v) is 8.20. The zero-order valence-corrected chi connectivity index (χ0v) is 18.3. The van der Waals surface area contributed by atoms with E-state index in [0.29, 0.717) is 5.92 Å². The highest BCUT2D eigenvalue weighted by molar-refractivity contribution is 5.90. The fourth-order valence-corrected chi connectivity index (χ4v) is 4.27. The summed E-state index contributed by atoms with van der Waals surface area (Å²) in [4.78, 5) is 22.5. The van der Waals surface area contributed by atoms with Gasteiger partial charge in [0.15, 0.2) is 5.65 Å². The van der Waals surface area contributed by atoms with E-state index in [-0.39, 0.29) is 5.91 Å². The predicted octanol–water partition coefficient (Wildman–Crippen LogP) is 4.71. The van der Waals surface area contributed by atoms with Gasteiger partial charge in [-0.1, -0.05) is 24.8 Å². The van der Waals surface area contributed by atoms with Gasteiger partial charge in [0.05, 0.1) is 5.39 Å². The van der Waals surface area contributed by atoms with Gasteiger partial charge in [-0.15, -0.1) is 0 Å². The number of para-hydroxylation sites is 1. The fraction of sp³-hybridized carbons (Fsp3) is 0.231. The first-order chi connectivity index (χ1) is 16.2. The number of likely N-dealkylation sites (tertiary alicyclic amines) is 1. The van der Waals surface area contributed by atoms with Crippen LogP contribution in [0.15, 0.2) is 79.8 Å². The Morgan fingerprint density at radius 2 is 1.79 bits per heavy atom. The number of carbonyl (C=O) groups excluding carboxylic acids is 1. The number of benzene rings is 2. The minimum absolute atomic E-state index is 0.00714. The van der Waals surface area contributed by atoms with E-state index in [1.165, 1.54) is 6.08 Å². The quantitative estimate of drug-likeness (QED) is 0.407. The van der Waals surface area contributed by atoms with E-state index in [9.17, 15) is 4.79 Å². The maximum Gasteiger partial charge on any atom is 0.245 e. The van der Waals surface area contributed by atoms with Gasteiger partial charge in [0.25, 0.3) is 0 Å². The van der Waals surface area contributed by atoms with Gasteiger partial charge < -0.3 is 9.64 Å². The SMILES string of the molecule is C=CC(=O)N1CCC(Cn2nc(-c3ccc(Oc4ccccc4)cc3)c3cncnc32)CC1. The Balaban J connectivity index is 1.36. The van der Waals surface area contributed by atoms with Gasteiger partial charge in [-0.3, -0.25) is 4.79 Å². The molecular weight excluding hydrogens is 414 g/mol. The Labute approximate surface area is 192 Å². The number of ether oxygens (including phenoxy) is 1. The van der Waals surface area contributed by atoms with Crippen molar-refractivity contribution in [3.63, 3.8) is 0 Å². The lowest BCUT2D eigenvalue weighted by atomic mass is 9.97. The monoisotopic (exact) mass is 439 g/mol. The molecule has 2 aromatic carbocycles. The Morgan fingerprint density at radius 3 is 2.52 bits per heavy atom. The molecule has 33 heavy (non-hydrogen) atoms. The van der Waals surface area contributed by atoms with Gasteiger partial charge in [0.1, 0.15) is 23.5 Å². The summed E-state index contributed by atoms with van der Waals surface area (Å²) in [6.07, 6.45) is 6.65. The molecule has 4 aromatic rings. The van der Waals surface area contributed by atoms with Crippen LogP contribution in [0, 0.1) is 5.92 Å². The van der Waals surface area contributed by atoms with Crippen LogP contribution in [0.1, 0.15) is 12.8 Å². The average Bonchev–Trinajstić information content (AvgIpc) is 3.23. The molecule has 1 aliphatic rings. The molecule has 1 amide bonds. The number of amides is 1. The molecule has 1 aliphatic heterocycles. The molecule has 7 nitrogen and oxygen atoms in total. The van der Waals surface area contributed by atoms with Gasteiger partial charge in [0, 0.05) is 31.4 Å². The summed E-state index contributed by atoms with van der Waals surface area (Å²) in [5.74, 6) is 2.01. The lowest BCUT2D eigenvalue weighted by Gasteiger charge is -2.31. The van der Waals surface area contributed by atoms with Crippen molar-refractivity contribution in [2.24, 2.45) is 5.92 Å². The third-order valence-electron chi connectivity index (χ3n) is 6.05. The van der Waals surface area contributed by atoms with Crippen LogP contribution in [0.4, 0.5) is 0 Å². The van der Waals surface area contributed by atoms with E-state index in [2.05, 4.69) is 16.5 Å². The number of piperidine rings is 1. The van der Waals surface area contributed by atoms with Gasteiger partial charge in [-0.05, 0) is 61.2 Å². The molecule has 0 saturated carbocycles. The van der Waals surface area contributed by atoms with E-state index in [1.807, 2.05) is 70.4 Å². The second-order valence-electron chi connectivity index (χ2n) is 8.20. The molecule has 0 spiro atoms. The minimum Gasteiger partial charge on any atom is -0.457 e. The van der Waals surface area contributed by atoms with Crippen LogP contribution in [-0.4, -0.2) is 43.6 Å². The smallest absolute Gasteiger partial charge is 0.245 e. The van der Waals surface area contributed by atoms with Gasteiger partial charge in [0.2, 0.25) is 5.91 Å². The van der Waals surface area contributed by atoms with Crippen molar-refractivity contribution in [3.8, 4) is 22.8 Å². The number of fused-ring (bicyclic) bond motifs is 1. The highest BCUT2D eigenvalue weighted by Crippen LogP contribution is 2.30. The van der Waals surface area contributed by atoms with Crippen molar-refractivity contribution >= 4 is 16.9 Å². The van der Waals surface area contributed by atoms with Crippen LogP contribution in [-0.2, 0) is 11.3 Å². The van der Waals surface area contributed by atoms with Gasteiger partial charge >= 0.3 is 0 Å². The first-order valence-corrected chi connectivity index (χ1v) is 11.1.